The van der Waals surface area contributed by atoms with Crippen LogP contribution in [-0.4, -0.2) is 17.4 Å². The molecular formula is C13H9BrN2O2S. The fourth-order valence-corrected chi connectivity index (χ4v) is 4.31. The Morgan fingerprint density at radius 2 is 1.79 bits per heavy atom. The van der Waals surface area contributed by atoms with Crippen molar-refractivity contribution in [3.63, 3.8) is 0 Å². The number of nitrogens with zero attached hydrogens (tertiary/aromatic N) is 2. The number of rotatable bonds is 2. The average molecular weight is 337 g/mol. The van der Waals surface area contributed by atoms with Gasteiger partial charge in [0.2, 0.25) is 0 Å². The van der Waals surface area contributed by atoms with Crippen LogP contribution in [0.2, 0.25) is 0 Å². The summed E-state index contributed by atoms with van der Waals surface area (Å²) in [6.45, 7) is 0. The van der Waals surface area contributed by atoms with E-state index in [1.165, 1.54) is 3.97 Å². The van der Waals surface area contributed by atoms with E-state index in [1.807, 2.05) is 0 Å². The molecule has 0 saturated carbocycles. The van der Waals surface area contributed by atoms with Crippen molar-refractivity contribution in [1.82, 2.24) is 8.96 Å². The Hall–Kier alpha value is -1.66. The highest BCUT2D eigenvalue weighted by Gasteiger charge is 2.21. The zero-order valence-electron chi connectivity index (χ0n) is 9.69. The van der Waals surface area contributed by atoms with Crippen molar-refractivity contribution in [2.45, 2.75) is 4.90 Å². The summed E-state index contributed by atoms with van der Waals surface area (Å²) in [5.74, 6) is 0. The number of pyridine rings is 1. The molecule has 0 atom stereocenters. The van der Waals surface area contributed by atoms with Crippen LogP contribution >= 0.6 is 15.9 Å². The Bertz CT molecular complexity index is 841. The van der Waals surface area contributed by atoms with Crippen LogP contribution in [0.3, 0.4) is 0 Å². The number of hydrogen-bond donors (Lipinski definition) is 0. The molecule has 0 amide bonds. The quantitative estimate of drug-likeness (QED) is 0.722. The second kappa shape index (κ2) is 4.47. The summed E-state index contributed by atoms with van der Waals surface area (Å²) in [7, 11) is -3.62. The van der Waals surface area contributed by atoms with Crippen molar-refractivity contribution < 1.29 is 8.42 Å². The van der Waals surface area contributed by atoms with Crippen molar-refractivity contribution in [3.05, 3.63) is 59.3 Å². The molecule has 0 aliphatic heterocycles. The lowest BCUT2D eigenvalue weighted by molar-refractivity contribution is 0.588. The standard InChI is InChI=1S/C13H9BrN2O2S/c14-13-9-11-12(7-4-8-15-11)16(13)19(17,18)10-5-2-1-3-6-10/h1-9H. The third kappa shape index (κ3) is 1.97. The predicted octanol–water partition coefficient (Wildman–Crippen LogP) is 3.04. The van der Waals surface area contributed by atoms with Gasteiger partial charge in [0, 0.05) is 6.20 Å². The van der Waals surface area contributed by atoms with Crippen LogP contribution in [0.15, 0.2) is 64.2 Å². The lowest BCUT2D eigenvalue weighted by atomic mass is 10.4. The first-order chi connectivity index (χ1) is 9.10. The molecule has 19 heavy (non-hydrogen) atoms. The summed E-state index contributed by atoms with van der Waals surface area (Å²) in [6.07, 6.45) is 1.63. The Morgan fingerprint density at radius 3 is 2.53 bits per heavy atom. The minimum atomic E-state index is -3.62. The van der Waals surface area contributed by atoms with Gasteiger partial charge in [-0.2, -0.15) is 0 Å². The number of aromatic nitrogens is 2. The average Bonchev–Trinajstić information content (AvgIpc) is 2.76. The molecule has 0 fully saturated rings. The van der Waals surface area contributed by atoms with E-state index in [9.17, 15) is 8.42 Å². The Labute approximate surface area is 118 Å². The van der Waals surface area contributed by atoms with Crippen LogP contribution in [0.4, 0.5) is 0 Å². The number of hydrogen-bond acceptors (Lipinski definition) is 3. The molecule has 1 aromatic carbocycles. The molecule has 0 saturated heterocycles. The van der Waals surface area contributed by atoms with E-state index in [-0.39, 0.29) is 4.90 Å². The smallest absolute Gasteiger partial charge is 0.255 e. The molecule has 0 bridgehead atoms. The maximum Gasteiger partial charge on any atom is 0.269 e. The topological polar surface area (TPSA) is 52.0 Å². The second-order valence-corrected chi connectivity index (χ2v) is 6.56. The fourth-order valence-electron chi connectivity index (χ4n) is 1.92. The second-order valence-electron chi connectivity index (χ2n) is 3.96. The molecular weight excluding hydrogens is 328 g/mol. The van der Waals surface area contributed by atoms with Crippen molar-refractivity contribution in [2.24, 2.45) is 0 Å². The lowest BCUT2D eigenvalue weighted by Gasteiger charge is -2.08. The number of fused-ring (bicyclic) bond motifs is 1. The first-order valence-electron chi connectivity index (χ1n) is 5.53. The van der Waals surface area contributed by atoms with E-state index in [1.54, 1.807) is 54.7 Å². The van der Waals surface area contributed by atoms with E-state index in [4.69, 9.17) is 0 Å². The summed E-state index contributed by atoms with van der Waals surface area (Å²) in [6, 6.07) is 13.5. The molecule has 96 valence electrons. The van der Waals surface area contributed by atoms with Crippen molar-refractivity contribution in [1.29, 1.82) is 0 Å². The highest BCUT2D eigenvalue weighted by Crippen LogP contribution is 2.27. The third-order valence-electron chi connectivity index (χ3n) is 2.77. The molecule has 3 aromatic rings. The largest absolute Gasteiger partial charge is 0.269 e. The van der Waals surface area contributed by atoms with Gasteiger partial charge in [-0.3, -0.25) is 4.98 Å². The van der Waals surface area contributed by atoms with Gasteiger partial charge in [-0.25, -0.2) is 12.4 Å². The van der Waals surface area contributed by atoms with Gasteiger partial charge in [-0.15, -0.1) is 0 Å². The molecule has 3 rings (SSSR count). The molecule has 0 N–H and O–H groups in total. The zero-order valence-corrected chi connectivity index (χ0v) is 12.1. The number of halogens is 1. The molecule has 0 aliphatic rings. The normalized spacial score (nSPS) is 11.8. The van der Waals surface area contributed by atoms with Gasteiger partial charge in [0.25, 0.3) is 10.0 Å². The molecule has 2 aromatic heterocycles. The minimum Gasteiger partial charge on any atom is -0.255 e. The van der Waals surface area contributed by atoms with Gasteiger partial charge in [0.05, 0.1) is 15.9 Å². The molecule has 2 heterocycles. The fraction of sp³-hybridized carbons (Fsp3) is 0. The Kier molecular flexibility index (Phi) is 2.91. The van der Waals surface area contributed by atoms with Gasteiger partial charge in [0.15, 0.2) is 0 Å². The van der Waals surface area contributed by atoms with Gasteiger partial charge >= 0.3 is 0 Å². The maximum atomic E-state index is 12.6. The summed E-state index contributed by atoms with van der Waals surface area (Å²) in [5, 5.41) is 0. The van der Waals surface area contributed by atoms with Crippen molar-refractivity contribution in [3.8, 4) is 0 Å². The van der Waals surface area contributed by atoms with Crippen LogP contribution < -0.4 is 0 Å². The molecule has 4 nitrogen and oxygen atoms in total. The monoisotopic (exact) mass is 336 g/mol. The Morgan fingerprint density at radius 1 is 1.05 bits per heavy atom. The zero-order chi connectivity index (χ0) is 13.5. The first-order valence-corrected chi connectivity index (χ1v) is 7.76. The van der Waals surface area contributed by atoms with Crippen LogP contribution in [0.25, 0.3) is 11.0 Å². The van der Waals surface area contributed by atoms with Gasteiger partial charge in [-0.05, 0) is 46.3 Å². The summed E-state index contributed by atoms with van der Waals surface area (Å²) >= 11 is 3.29. The van der Waals surface area contributed by atoms with Crippen molar-refractivity contribution in [2.75, 3.05) is 0 Å². The van der Waals surface area contributed by atoms with E-state index in [0.29, 0.717) is 15.6 Å². The summed E-state index contributed by atoms with van der Waals surface area (Å²) in [4.78, 5) is 4.40. The predicted molar refractivity (Wildman–Crippen MR) is 76.5 cm³/mol. The van der Waals surface area contributed by atoms with Gasteiger partial charge in [-0.1, -0.05) is 18.2 Å². The highest BCUT2D eigenvalue weighted by molar-refractivity contribution is 9.10. The lowest BCUT2D eigenvalue weighted by Crippen LogP contribution is -2.12. The van der Waals surface area contributed by atoms with Crippen LogP contribution in [-0.2, 0) is 10.0 Å². The first kappa shape index (κ1) is 12.4. The number of benzene rings is 1. The van der Waals surface area contributed by atoms with E-state index >= 15 is 0 Å². The highest BCUT2D eigenvalue weighted by atomic mass is 79.9. The molecule has 0 unspecified atom stereocenters. The molecule has 0 spiro atoms. The summed E-state index contributed by atoms with van der Waals surface area (Å²) in [5.41, 5.74) is 1.19. The van der Waals surface area contributed by atoms with E-state index < -0.39 is 10.0 Å². The Balaban J connectivity index is 2.34. The minimum absolute atomic E-state index is 0.247. The van der Waals surface area contributed by atoms with Crippen molar-refractivity contribution >= 4 is 37.0 Å². The van der Waals surface area contributed by atoms with Gasteiger partial charge < -0.3 is 0 Å². The van der Waals surface area contributed by atoms with E-state index in [0.717, 1.165) is 0 Å². The van der Waals surface area contributed by atoms with Gasteiger partial charge in [0.1, 0.15) is 4.60 Å². The van der Waals surface area contributed by atoms with Crippen LogP contribution in [0.1, 0.15) is 0 Å². The molecule has 0 radical (unpaired) electrons. The molecule has 6 heteroatoms. The third-order valence-corrected chi connectivity index (χ3v) is 5.33. The summed E-state index contributed by atoms with van der Waals surface area (Å²) < 4.78 is 27.0. The maximum absolute atomic E-state index is 12.6. The van der Waals surface area contributed by atoms with E-state index in [2.05, 4.69) is 20.9 Å². The van der Waals surface area contributed by atoms with Crippen LogP contribution in [0, 0.1) is 0 Å². The molecule has 0 aliphatic carbocycles. The SMILES string of the molecule is O=S(=O)(c1ccccc1)n1c(Br)cc2ncccc21. The van der Waals surface area contributed by atoms with Crippen LogP contribution in [0.5, 0.6) is 0 Å².